The Balaban J connectivity index is 1.56. The maximum atomic E-state index is 12.6. The molecule has 0 saturated carbocycles. The number of rotatable bonds is 7. The van der Waals surface area contributed by atoms with Gasteiger partial charge in [0.2, 0.25) is 5.91 Å². The molecule has 0 aliphatic carbocycles. The van der Waals surface area contributed by atoms with Crippen LogP contribution in [0.1, 0.15) is 35.3 Å². The van der Waals surface area contributed by atoms with Crippen LogP contribution in [0, 0.1) is 0 Å². The zero-order valence-electron chi connectivity index (χ0n) is 17.6. The molecule has 3 rings (SSSR count). The standard InChI is InChI=1S/C22H28N4O4/c1-15(16-6-7-19(29-2)20(11-16)30-3)25-21(27)12-18-14-26(10-9-24-18)22(28)17-5-4-8-23-13-17/h4-8,11,13,15,18,24H,9-10,12,14H2,1-3H3,(H,25,27). The molecule has 0 bridgehead atoms. The number of pyridine rings is 1. The maximum Gasteiger partial charge on any atom is 0.255 e. The summed E-state index contributed by atoms with van der Waals surface area (Å²) in [5.41, 5.74) is 1.48. The highest BCUT2D eigenvalue weighted by Crippen LogP contribution is 2.29. The Morgan fingerprint density at radius 2 is 2.07 bits per heavy atom. The lowest BCUT2D eigenvalue weighted by atomic mass is 10.1. The van der Waals surface area contributed by atoms with Gasteiger partial charge in [-0.2, -0.15) is 0 Å². The first kappa shape index (κ1) is 21.6. The van der Waals surface area contributed by atoms with Gasteiger partial charge in [-0.15, -0.1) is 0 Å². The van der Waals surface area contributed by atoms with E-state index in [2.05, 4.69) is 15.6 Å². The first-order chi connectivity index (χ1) is 14.5. The van der Waals surface area contributed by atoms with Crippen molar-refractivity contribution in [2.24, 2.45) is 0 Å². The van der Waals surface area contributed by atoms with Crippen LogP contribution in [0.4, 0.5) is 0 Å². The van der Waals surface area contributed by atoms with Crippen molar-refractivity contribution < 1.29 is 19.1 Å². The quantitative estimate of drug-likeness (QED) is 0.720. The Bertz CT molecular complexity index is 875. The smallest absolute Gasteiger partial charge is 0.255 e. The predicted molar refractivity (Wildman–Crippen MR) is 113 cm³/mol. The minimum absolute atomic E-state index is 0.0614. The number of carbonyl (C=O) groups is 2. The summed E-state index contributed by atoms with van der Waals surface area (Å²) in [6.45, 7) is 3.65. The van der Waals surface area contributed by atoms with Gasteiger partial charge in [0, 0.05) is 44.5 Å². The first-order valence-corrected chi connectivity index (χ1v) is 9.95. The van der Waals surface area contributed by atoms with Crippen LogP contribution in [0.15, 0.2) is 42.7 Å². The minimum Gasteiger partial charge on any atom is -0.493 e. The summed E-state index contributed by atoms with van der Waals surface area (Å²) in [4.78, 5) is 31.0. The lowest BCUT2D eigenvalue weighted by molar-refractivity contribution is -0.122. The van der Waals surface area contributed by atoms with E-state index in [4.69, 9.17) is 9.47 Å². The fourth-order valence-corrected chi connectivity index (χ4v) is 3.55. The summed E-state index contributed by atoms with van der Waals surface area (Å²) < 4.78 is 10.6. The molecule has 1 aliphatic heterocycles. The van der Waals surface area contributed by atoms with Gasteiger partial charge in [-0.3, -0.25) is 14.6 Å². The fraction of sp³-hybridized carbons (Fsp3) is 0.409. The average Bonchev–Trinajstić information content (AvgIpc) is 2.78. The molecule has 1 saturated heterocycles. The van der Waals surface area contributed by atoms with Gasteiger partial charge in [0.1, 0.15) is 0 Å². The van der Waals surface area contributed by atoms with Crippen molar-refractivity contribution in [2.45, 2.75) is 25.4 Å². The summed E-state index contributed by atoms with van der Waals surface area (Å²) in [6.07, 6.45) is 3.49. The molecule has 160 valence electrons. The van der Waals surface area contributed by atoms with E-state index in [0.717, 1.165) is 5.56 Å². The van der Waals surface area contributed by atoms with Crippen molar-refractivity contribution in [3.05, 3.63) is 53.9 Å². The van der Waals surface area contributed by atoms with E-state index in [0.29, 0.717) is 36.7 Å². The van der Waals surface area contributed by atoms with E-state index in [9.17, 15) is 9.59 Å². The molecule has 1 aromatic heterocycles. The minimum atomic E-state index is -0.186. The SMILES string of the molecule is COc1ccc(C(C)NC(=O)CC2CN(C(=O)c3cccnc3)CCN2)cc1OC. The lowest BCUT2D eigenvalue weighted by Crippen LogP contribution is -2.54. The molecule has 0 radical (unpaired) electrons. The van der Waals surface area contributed by atoms with E-state index in [1.165, 1.54) is 0 Å². The molecule has 8 heteroatoms. The zero-order valence-corrected chi connectivity index (χ0v) is 17.6. The number of nitrogens with one attached hydrogen (secondary N) is 2. The van der Waals surface area contributed by atoms with Crippen molar-refractivity contribution >= 4 is 11.8 Å². The summed E-state index contributed by atoms with van der Waals surface area (Å²) in [6, 6.07) is 8.79. The number of methoxy groups -OCH3 is 2. The summed E-state index contributed by atoms with van der Waals surface area (Å²) in [5.74, 6) is 1.12. The molecule has 2 heterocycles. The molecular weight excluding hydrogens is 384 g/mol. The molecule has 1 aromatic carbocycles. The third-order valence-corrected chi connectivity index (χ3v) is 5.17. The van der Waals surface area contributed by atoms with Gasteiger partial charge in [0.15, 0.2) is 11.5 Å². The Hall–Kier alpha value is -3.13. The Morgan fingerprint density at radius 3 is 2.77 bits per heavy atom. The third-order valence-electron chi connectivity index (χ3n) is 5.17. The van der Waals surface area contributed by atoms with Crippen LogP contribution in [0.25, 0.3) is 0 Å². The molecule has 8 nitrogen and oxygen atoms in total. The van der Waals surface area contributed by atoms with E-state index in [1.807, 2.05) is 25.1 Å². The van der Waals surface area contributed by atoms with Gasteiger partial charge in [0.05, 0.1) is 25.8 Å². The van der Waals surface area contributed by atoms with Gasteiger partial charge in [0.25, 0.3) is 5.91 Å². The van der Waals surface area contributed by atoms with Crippen LogP contribution < -0.4 is 20.1 Å². The zero-order chi connectivity index (χ0) is 21.5. The normalized spacial score (nSPS) is 17.2. The molecule has 2 N–H and O–H groups in total. The molecule has 1 fully saturated rings. The molecule has 2 aromatic rings. The Kier molecular flexibility index (Phi) is 7.24. The number of ether oxygens (including phenoxy) is 2. The molecule has 1 aliphatic rings. The van der Waals surface area contributed by atoms with Gasteiger partial charge in [-0.25, -0.2) is 0 Å². The monoisotopic (exact) mass is 412 g/mol. The van der Waals surface area contributed by atoms with E-state index < -0.39 is 0 Å². The number of aromatic nitrogens is 1. The predicted octanol–water partition coefficient (Wildman–Crippen LogP) is 1.78. The molecule has 2 amide bonds. The lowest BCUT2D eigenvalue weighted by Gasteiger charge is -2.33. The number of hydrogen-bond donors (Lipinski definition) is 2. The highest BCUT2D eigenvalue weighted by molar-refractivity contribution is 5.94. The number of piperazine rings is 1. The third kappa shape index (κ3) is 5.27. The van der Waals surface area contributed by atoms with E-state index >= 15 is 0 Å². The maximum absolute atomic E-state index is 12.6. The number of amides is 2. The van der Waals surface area contributed by atoms with Crippen molar-refractivity contribution in [1.82, 2.24) is 20.5 Å². The van der Waals surface area contributed by atoms with Gasteiger partial charge in [-0.05, 0) is 36.8 Å². The van der Waals surface area contributed by atoms with E-state index in [1.54, 1.807) is 43.6 Å². The molecular formula is C22H28N4O4. The van der Waals surface area contributed by atoms with Crippen LogP contribution in [0.2, 0.25) is 0 Å². The number of benzene rings is 1. The van der Waals surface area contributed by atoms with Crippen LogP contribution >= 0.6 is 0 Å². The summed E-state index contributed by atoms with van der Waals surface area (Å²) >= 11 is 0. The van der Waals surface area contributed by atoms with Gasteiger partial charge in [-0.1, -0.05) is 6.07 Å². The molecule has 30 heavy (non-hydrogen) atoms. The van der Waals surface area contributed by atoms with Crippen molar-refractivity contribution in [1.29, 1.82) is 0 Å². The Labute approximate surface area is 176 Å². The number of nitrogens with zero attached hydrogens (tertiary/aromatic N) is 2. The van der Waals surface area contributed by atoms with Crippen molar-refractivity contribution in [3.8, 4) is 11.5 Å². The average molecular weight is 412 g/mol. The topological polar surface area (TPSA) is 92.8 Å². The van der Waals surface area contributed by atoms with Gasteiger partial charge < -0.3 is 25.0 Å². The largest absolute Gasteiger partial charge is 0.493 e. The van der Waals surface area contributed by atoms with Gasteiger partial charge >= 0.3 is 0 Å². The number of carbonyl (C=O) groups excluding carboxylic acids is 2. The highest BCUT2D eigenvalue weighted by atomic mass is 16.5. The number of hydrogen-bond acceptors (Lipinski definition) is 6. The second kappa shape index (κ2) is 10.1. The Morgan fingerprint density at radius 1 is 1.27 bits per heavy atom. The second-order valence-corrected chi connectivity index (χ2v) is 7.25. The van der Waals surface area contributed by atoms with Crippen LogP contribution in [0.5, 0.6) is 11.5 Å². The van der Waals surface area contributed by atoms with E-state index in [-0.39, 0.29) is 30.3 Å². The van der Waals surface area contributed by atoms with Crippen LogP contribution in [-0.2, 0) is 4.79 Å². The van der Waals surface area contributed by atoms with Crippen LogP contribution in [0.3, 0.4) is 0 Å². The van der Waals surface area contributed by atoms with Crippen LogP contribution in [-0.4, -0.2) is 61.6 Å². The first-order valence-electron chi connectivity index (χ1n) is 9.95. The molecule has 2 unspecified atom stereocenters. The van der Waals surface area contributed by atoms with Crippen molar-refractivity contribution in [2.75, 3.05) is 33.9 Å². The second-order valence-electron chi connectivity index (χ2n) is 7.25. The molecule has 2 atom stereocenters. The molecule has 0 spiro atoms. The summed E-state index contributed by atoms with van der Waals surface area (Å²) in [7, 11) is 3.17. The highest BCUT2D eigenvalue weighted by Gasteiger charge is 2.26. The van der Waals surface area contributed by atoms with Crippen molar-refractivity contribution in [3.63, 3.8) is 0 Å². The fourth-order valence-electron chi connectivity index (χ4n) is 3.55. The summed E-state index contributed by atoms with van der Waals surface area (Å²) in [5, 5.41) is 6.35.